The van der Waals surface area contributed by atoms with Crippen LogP contribution in [-0.2, 0) is 10.3 Å². The van der Waals surface area contributed by atoms with Crippen LogP contribution in [0, 0.1) is 0 Å². The van der Waals surface area contributed by atoms with Crippen LogP contribution in [0.5, 0.6) is 0 Å². The molecule has 1 saturated heterocycles. The number of para-hydroxylation sites is 2. The number of H-pyrrole nitrogens is 1. The second-order valence-electron chi connectivity index (χ2n) is 4.29. The van der Waals surface area contributed by atoms with Gasteiger partial charge in [-0.05, 0) is 31.9 Å². The average molecular weight is 202 g/mol. The van der Waals surface area contributed by atoms with Crippen molar-refractivity contribution in [3.63, 3.8) is 0 Å². The van der Waals surface area contributed by atoms with Gasteiger partial charge in [0.15, 0.2) is 0 Å². The molecule has 2 heterocycles. The Morgan fingerprint density at radius 1 is 1.40 bits per heavy atom. The Kier molecular flexibility index (Phi) is 1.83. The van der Waals surface area contributed by atoms with E-state index in [1.165, 1.54) is 0 Å². The minimum Gasteiger partial charge on any atom is -0.367 e. The number of fused-ring (bicyclic) bond motifs is 1. The molecule has 2 aromatic rings. The van der Waals surface area contributed by atoms with Gasteiger partial charge in [-0.2, -0.15) is 0 Å². The number of nitrogens with one attached hydrogen (secondary N) is 1. The van der Waals surface area contributed by atoms with Crippen molar-refractivity contribution >= 4 is 11.0 Å². The molecule has 0 saturated carbocycles. The molecular formula is C12H14N2O. The lowest BCUT2D eigenvalue weighted by molar-refractivity contribution is 0.0103. The van der Waals surface area contributed by atoms with Crippen LogP contribution in [0.4, 0.5) is 0 Å². The Labute approximate surface area is 88.5 Å². The SMILES string of the molecule is CC1(c2nc3ccccc3[nH]2)CCCO1. The number of nitrogens with zero attached hydrogens (tertiary/aromatic N) is 1. The number of ether oxygens (including phenoxy) is 1. The number of aromatic amines is 1. The summed E-state index contributed by atoms with van der Waals surface area (Å²) in [4.78, 5) is 7.93. The molecular weight excluding hydrogens is 188 g/mol. The Hall–Kier alpha value is -1.35. The Morgan fingerprint density at radius 3 is 3.00 bits per heavy atom. The van der Waals surface area contributed by atoms with Gasteiger partial charge < -0.3 is 9.72 Å². The van der Waals surface area contributed by atoms with Crippen LogP contribution in [0.2, 0.25) is 0 Å². The van der Waals surface area contributed by atoms with Crippen molar-refractivity contribution in [3.05, 3.63) is 30.1 Å². The summed E-state index contributed by atoms with van der Waals surface area (Å²) in [6.45, 7) is 2.95. The minimum atomic E-state index is -0.209. The van der Waals surface area contributed by atoms with Crippen LogP contribution in [0.25, 0.3) is 11.0 Å². The number of hydrogen-bond donors (Lipinski definition) is 1. The molecule has 1 aliphatic rings. The summed E-state index contributed by atoms with van der Waals surface area (Å²) in [5.74, 6) is 0.959. The fraction of sp³-hybridized carbons (Fsp3) is 0.417. The van der Waals surface area contributed by atoms with Crippen molar-refractivity contribution in [1.29, 1.82) is 0 Å². The van der Waals surface area contributed by atoms with E-state index in [1.807, 2.05) is 24.3 Å². The average Bonchev–Trinajstić information content (AvgIpc) is 2.84. The Morgan fingerprint density at radius 2 is 2.27 bits per heavy atom. The monoisotopic (exact) mass is 202 g/mol. The Bertz CT molecular complexity index is 450. The molecule has 0 amide bonds. The highest BCUT2D eigenvalue weighted by atomic mass is 16.5. The first-order valence-corrected chi connectivity index (χ1v) is 5.37. The molecule has 1 N–H and O–H groups in total. The summed E-state index contributed by atoms with van der Waals surface area (Å²) in [7, 11) is 0. The predicted octanol–water partition coefficient (Wildman–Crippen LogP) is 2.59. The van der Waals surface area contributed by atoms with Crippen molar-refractivity contribution in [2.24, 2.45) is 0 Å². The van der Waals surface area contributed by atoms with E-state index < -0.39 is 0 Å². The minimum absolute atomic E-state index is 0.209. The van der Waals surface area contributed by atoms with E-state index in [4.69, 9.17) is 4.74 Å². The standard InChI is InChI=1S/C12H14N2O/c1-12(7-4-8-15-12)11-13-9-5-2-3-6-10(9)14-11/h2-3,5-6H,4,7-8H2,1H3,(H,13,14). The molecule has 0 radical (unpaired) electrons. The van der Waals surface area contributed by atoms with Crippen LogP contribution < -0.4 is 0 Å². The summed E-state index contributed by atoms with van der Waals surface area (Å²) < 4.78 is 5.76. The van der Waals surface area contributed by atoms with Gasteiger partial charge in [0, 0.05) is 6.61 Å². The van der Waals surface area contributed by atoms with Crippen molar-refractivity contribution in [3.8, 4) is 0 Å². The van der Waals surface area contributed by atoms with E-state index in [2.05, 4.69) is 16.9 Å². The maximum absolute atomic E-state index is 5.76. The van der Waals surface area contributed by atoms with Gasteiger partial charge in [0.25, 0.3) is 0 Å². The first kappa shape index (κ1) is 8.92. The number of rotatable bonds is 1. The molecule has 1 fully saturated rings. The second-order valence-corrected chi connectivity index (χ2v) is 4.29. The van der Waals surface area contributed by atoms with Gasteiger partial charge in [-0.3, -0.25) is 0 Å². The smallest absolute Gasteiger partial charge is 0.139 e. The van der Waals surface area contributed by atoms with E-state index in [0.717, 1.165) is 36.3 Å². The van der Waals surface area contributed by atoms with Crippen LogP contribution in [0.15, 0.2) is 24.3 Å². The Balaban J connectivity index is 2.11. The van der Waals surface area contributed by atoms with E-state index in [9.17, 15) is 0 Å². The molecule has 1 aromatic carbocycles. The molecule has 1 unspecified atom stereocenters. The van der Waals surface area contributed by atoms with Gasteiger partial charge in [-0.1, -0.05) is 12.1 Å². The summed E-state index contributed by atoms with van der Waals surface area (Å²) >= 11 is 0. The number of aromatic nitrogens is 2. The summed E-state index contributed by atoms with van der Waals surface area (Å²) in [6.07, 6.45) is 2.17. The molecule has 0 aliphatic carbocycles. The zero-order valence-corrected chi connectivity index (χ0v) is 8.79. The third kappa shape index (κ3) is 1.35. The molecule has 1 aliphatic heterocycles. The first-order chi connectivity index (χ1) is 7.28. The third-order valence-electron chi connectivity index (χ3n) is 3.11. The largest absolute Gasteiger partial charge is 0.367 e. The lowest BCUT2D eigenvalue weighted by atomic mass is 10.0. The lowest BCUT2D eigenvalue weighted by Crippen LogP contribution is -2.21. The quantitative estimate of drug-likeness (QED) is 0.771. The highest BCUT2D eigenvalue weighted by molar-refractivity contribution is 5.74. The van der Waals surface area contributed by atoms with Gasteiger partial charge in [0.1, 0.15) is 11.4 Å². The van der Waals surface area contributed by atoms with E-state index >= 15 is 0 Å². The van der Waals surface area contributed by atoms with Crippen LogP contribution in [0.1, 0.15) is 25.6 Å². The summed E-state index contributed by atoms with van der Waals surface area (Å²) in [5, 5.41) is 0. The van der Waals surface area contributed by atoms with Crippen molar-refractivity contribution in [1.82, 2.24) is 9.97 Å². The van der Waals surface area contributed by atoms with Gasteiger partial charge in [0.05, 0.1) is 11.0 Å². The third-order valence-corrected chi connectivity index (χ3v) is 3.11. The maximum atomic E-state index is 5.76. The number of hydrogen-bond acceptors (Lipinski definition) is 2. The zero-order valence-electron chi connectivity index (χ0n) is 8.79. The van der Waals surface area contributed by atoms with Crippen molar-refractivity contribution in [2.75, 3.05) is 6.61 Å². The van der Waals surface area contributed by atoms with Crippen LogP contribution in [0.3, 0.4) is 0 Å². The molecule has 78 valence electrons. The second kappa shape index (κ2) is 3.07. The lowest BCUT2D eigenvalue weighted by Gasteiger charge is -2.19. The van der Waals surface area contributed by atoms with Crippen LogP contribution in [-0.4, -0.2) is 16.6 Å². The highest BCUT2D eigenvalue weighted by Gasteiger charge is 2.34. The topological polar surface area (TPSA) is 37.9 Å². The van der Waals surface area contributed by atoms with Crippen molar-refractivity contribution in [2.45, 2.75) is 25.4 Å². The summed E-state index contributed by atoms with van der Waals surface area (Å²) in [5.41, 5.74) is 1.90. The van der Waals surface area contributed by atoms with E-state index in [1.54, 1.807) is 0 Å². The van der Waals surface area contributed by atoms with E-state index in [0.29, 0.717) is 0 Å². The molecule has 1 aromatic heterocycles. The molecule has 1 atom stereocenters. The first-order valence-electron chi connectivity index (χ1n) is 5.37. The highest BCUT2D eigenvalue weighted by Crippen LogP contribution is 2.34. The van der Waals surface area contributed by atoms with Gasteiger partial charge in [-0.15, -0.1) is 0 Å². The molecule has 3 nitrogen and oxygen atoms in total. The van der Waals surface area contributed by atoms with Gasteiger partial charge in [-0.25, -0.2) is 4.98 Å². The number of benzene rings is 1. The fourth-order valence-electron chi connectivity index (χ4n) is 2.17. The molecule has 3 heteroatoms. The molecule has 0 spiro atoms. The number of imidazole rings is 1. The molecule has 15 heavy (non-hydrogen) atoms. The van der Waals surface area contributed by atoms with Crippen LogP contribution >= 0.6 is 0 Å². The normalized spacial score (nSPS) is 26.2. The van der Waals surface area contributed by atoms with Gasteiger partial charge >= 0.3 is 0 Å². The fourth-order valence-corrected chi connectivity index (χ4v) is 2.17. The van der Waals surface area contributed by atoms with Crippen molar-refractivity contribution < 1.29 is 4.74 Å². The van der Waals surface area contributed by atoms with E-state index in [-0.39, 0.29) is 5.60 Å². The zero-order chi connectivity index (χ0) is 10.3. The molecule has 0 bridgehead atoms. The molecule has 3 rings (SSSR count). The summed E-state index contributed by atoms with van der Waals surface area (Å²) in [6, 6.07) is 8.09. The maximum Gasteiger partial charge on any atom is 0.139 e. The predicted molar refractivity (Wildman–Crippen MR) is 58.6 cm³/mol. The van der Waals surface area contributed by atoms with Gasteiger partial charge in [0.2, 0.25) is 0 Å².